The predicted octanol–water partition coefficient (Wildman–Crippen LogP) is 1.87. The van der Waals surface area contributed by atoms with Crippen molar-refractivity contribution >= 4 is 5.97 Å². The Bertz CT molecular complexity index is 296. The molecule has 1 atom stereocenters. The van der Waals surface area contributed by atoms with Gasteiger partial charge in [0.05, 0.1) is 19.6 Å². The first-order valence-electron chi connectivity index (χ1n) is 8.33. The summed E-state index contributed by atoms with van der Waals surface area (Å²) in [6.07, 6.45) is 8.61. The number of unbranched alkanes of at least 4 members (excludes halogenated alkanes) is 1. The molecule has 0 aromatic heterocycles. The summed E-state index contributed by atoms with van der Waals surface area (Å²) in [5, 5.41) is 21.1. The van der Waals surface area contributed by atoms with Crippen molar-refractivity contribution in [1.82, 2.24) is 0 Å². The summed E-state index contributed by atoms with van der Waals surface area (Å²) in [5.41, 5.74) is 0. The van der Waals surface area contributed by atoms with E-state index in [4.69, 9.17) is 0 Å². The van der Waals surface area contributed by atoms with Crippen molar-refractivity contribution in [2.24, 2.45) is 0 Å². The number of rotatable bonds is 13. The lowest BCUT2D eigenvalue weighted by molar-refractivity contribution is -0.930. The molecular weight excluding hydrogens is 266 g/mol. The van der Waals surface area contributed by atoms with Gasteiger partial charge in [0.2, 0.25) is 0 Å². The third kappa shape index (κ3) is 9.64. The molecule has 0 rings (SSSR count). The van der Waals surface area contributed by atoms with Gasteiger partial charge in [-0.3, -0.25) is 0 Å². The van der Waals surface area contributed by atoms with Gasteiger partial charge in [-0.25, -0.2) is 0 Å². The molecule has 0 heterocycles. The van der Waals surface area contributed by atoms with Crippen molar-refractivity contribution in [3.8, 4) is 0 Å². The molecule has 0 saturated carbocycles. The van der Waals surface area contributed by atoms with Gasteiger partial charge in [0.25, 0.3) is 0 Å². The Morgan fingerprint density at radius 3 is 2.33 bits per heavy atom. The molecule has 0 aromatic carbocycles. The first-order chi connectivity index (χ1) is 9.99. The number of aliphatic carboxylic acids is 1. The van der Waals surface area contributed by atoms with Crippen LogP contribution in [-0.2, 0) is 4.79 Å². The van der Waals surface area contributed by atoms with Gasteiger partial charge in [0.15, 0.2) is 0 Å². The van der Waals surface area contributed by atoms with Crippen LogP contribution in [0.15, 0.2) is 12.2 Å². The predicted molar refractivity (Wildman–Crippen MR) is 84.6 cm³/mol. The molecule has 1 N–H and O–H groups in total. The number of quaternary nitrogens is 1. The maximum atomic E-state index is 10.8. The maximum Gasteiger partial charge on any atom is 0.105 e. The van der Waals surface area contributed by atoms with E-state index >= 15 is 0 Å². The summed E-state index contributed by atoms with van der Waals surface area (Å²) in [6, 6.07) is 0. The lowest BCUT2D eigenvalue weighted by Crippen LogP contribution is -2.54. The molecule has 0 aromatic rings. The number of carboxylic acid groups (broad SMARTS) is 1. The van der Waals surface area contributed by atoms with E-state index in [0.717, 1.165) is 45.2 Å². The zero-order valence-corrected chi connectivity index (χ0v) is 14.0. The van der Waals surface area contributed by atoms with Gasteiger partial charge in [-0.2, -0.15) is 0 Å². The van der Waals surface area contributed by atoms with Crippen LogP contribution in [0.2, 0.25) is 0 Å². The summed E-state index contributed by atoms with van der Waals surface area (Å²) in [4.78, 5) is 10.8. The molecule has 4 heteroatoms. The zero-order chi connectivity index (χ0) is 16.1. The second-order valence-electron chi connectivity index (χ2n) is 5.97. The van der Waals surface area contributed by atoms with E-state index in [1.165, 1.54) is 0 Å². The molecule has 1 unspecified atom stereocenters. The highest BCUT2D eigenvalue weighted by Gasteiger charge is 2.28. The number of aliphatic hydroxyl groups excluding tert-OH is 1. The monoisotopic (exact) mass is 299 g/mol. The Morgan fingerprint density at radius 1 is 1.24 bits per heavy atom. The molecule has 0 aliphatic carbocycles. The molecule has 0 fully saturated rings. The average Bonchev–Trinajstić information content (AvgIpc) is 2.42. The van der Waals surface area contributed by atoms with Gasteiger partial charge < -0.3 is 19.5 Å². The van der Waals surface area contributed by atoms with Crippen molar-refractivity contribution in [3.63, 3.8) is 0 Å². The van der Waals surface area contributed by atoms with E-state index in [9.17, 15) is 15.0 Å². The molecule has 0 radical (unpaired) electrons. The highest BCUT2D eigenvalue weighted by Crippen LogP contribution is 2.15. The smallest absolute Gasteiger partial charge is 0.105 e. The topological polar surface area (TPSA) is 60.4 Å². The number of hydrogen-bond donors (Lipinski definition) is 1. The maximum absolute atomic E-state index is 10.8. The third-order valence-electron chi connectivity index (χ3n) is 3.93. The second-order valence-corrected chi connectivity index (χ2v) is 5.97. The first-order valence-corrected chi connectivity index (χ1v) is 8.33. The summed E-state index contributed by atoms with van der Waals surface area (Å²) in [7, 11) is 0. The van der Waals surface area contributed by atoms with Crippen molar-refractivity contribution in [1.29, 1.82) is 0 Å². The van der Waals surface area contributed by atoms with E-state index in [-0.39, 0.29) is 12.5 Å². The fourth-order valence-corrected chi connectivity index (χ4v) is 3.06. The second kappa shape index (κ2) is 11.8. The van der Waals surface area contributed by atoms with Gasteiger partial charge in [-0.1, -0.05) is 26.0 Å². The number of allylic oxidation sites excluding steroid dienone is 2. The van der Waals surface area contributed by atoms with E-state index < -0.39 is 5.97 Å². The lowest BCUT2D eigenvalue weighted by atomic mass is 10.1. The van der Waals surface area contributed by atoms with Crippen molar-refractivity contribution in [2.45, 2.75) is 65.4 Å². The summed E-state index contributed by atoms with van der Waals surface area (Å²) >= 11 is 0. The first kappa shape index (κ1) is 20.1. The quantitative estimate of drug-likeness (QED) is 0.321. The Labute approximate surface area is 130 Å². The van der Waals surface area contributed by atoms with Gasteiger partial charge >= 0.3 is 0 Å². The molecule has 0 aliphatic rings. The molecule has 0 saturated heterocycles. The Kier molecular flexibility index (Phi) is 11.3. The van der Waals surface area contributed by atoms with Crippen LogP contribution in [0, 0.1) is 0 Å². The van der Waals surface area contributed by atoms with Crippen LogP contribution in [0.3, 0.4) is 0 Å². The van der Waals surface area contributed by atoms with E-state index in [1.807, 2.05) is 13.0 Å². The lowest BCUT2D eigenvalue weighted by Gasteiger charge is -2.40. The number of hydrogen-bond acceptors (Lipinski definition) is 3. The normalized spacial score (nSPS) is 13.7. The average molecular weight is 299 g/mol. The van der Waals surface area contributed by atoms with Crippen LogP contribution >= 0.6 is 0 Å². The SMILES string of the molecule is C/C=C/CCCC(O)C[N+](CCC)(CCC)CCC(=O)[O-]. The van der Waals surface area contributed by atoms with Crippen LogP contribution < -0.4 is 5.11 Å². The summed E-state index contributed by atoms with van der Waals surface area (Å²) in [6.45, 7) is 9.29. The van der Waals surface area contributed by atoms with Gasteiger partial charge in [0.1, 0.15) is 12.6 Å². The zero-order valence-electron chi connectivity index (χ0n) is 14.0. The standard InChI is InChI=1S/C17H33NO3/c1-4-7-8-9-10-16(19)15-18(12-5-2,13-6-3)14-11-17(20)21/h4,7,16,19H,5-6,8-15H2,1-3H3/b7-4+. The minimum atomic E-state index is -0.993. The van der Waals surface area contributed by atoms with E-state index in [1.54, 1.807) is 0 Å². The number of aliphatic hydroxyl groups is 1. The van der Waals surface area contributed by atoms with Gasteiger partial charge in [-0.15, -0.1) is 0 Å². The van der Waals surface area contributed by atoms with E-state index in [2.05, 4.69) is 19.9 Å². The number of carbonyl (C=O) groups is 1. The molecule has 124 valence electrons. The fraction of sp³-hybridized carbons (Fsp3) is 0.824. The van der Waals surface area contributed by atoms with Crippen molar-refractivity contribution in [2.75, 3.05) is 26.2 Å². The van der Waals surface area contributed by atoms with Crippen LogP contribution in [-0.4, -0.2) is 47.8 Å². The Balaban J connectivity index is 4.56. The number of carbonyl (C=O) groups excluding carboxylic acids is 1. The molecule has 0 bridgehead atoms. The van der Waals surface area contributed by atoms with Crippen LogP contribution in [0.25, 0.3) is 0 Å². The molecule has 0 aliphatic heterocycles. The minimum Gasteiger partial charge on any atom is -0.550 e. The minimum absolute atomic E-state index is 0.0747. The highest BCUT2D eigenvalue weighted by atomic mass is 16.4. The molecule has 21 heavy (non-hydrogen) atoms. The van der Waals surface area contributed by atoms with Gasteiger partial charge in [0, 0.05) is 12.4 Å². The molecular formula is C17H33NO3. The third-order valence-corrected chi connectivity index (χ3v) is 3.93. The fourth-order valence-electron chi connectivity index (χ4n) is 3.06. The highest BCUT2D eigenvalue weighted by molar-refractivity contribution is 5.64. The van der Waals surface area contributed by atoms with Crippen LogP contribution in [0.5, 0.6) is 0 Å². The molecule has 0 amide bonds. The van der Waals surface area contributed by atoms with Crippen molar-refractivity contribution in [3.05, 3.63) is 12.2 Å². The van der Waals surface area contributed by atoms with Crippen LogP contribution in [0.1, 0.15) is 59.3 Å². The van der Waals surface area contributed by atoms with E-state index in [0.29, 0.717) is 17.6 Å². The molecule has 0 spiro atoms. The number of carboxylic acids is 1. The Morgan fingerprint density at radius 2 is 1.86 bits per heavy atom. The number of nitrogens with zero attached hydrogens (tertiary/aromatic N) is 1. The largest absolute Gasteiger partial charge is 0.550 e. The summed E-state index contributed by atoms with van der Waals surface area (Å²) < 4.78 is 0.700. The van der Waals surface area contributed by atoms with Crippen LogP contribution in [0.4, 0.5) is 0 Å². The molecule has 4 nitrogen and oxygen atoms in total. The Hall–Kier alpha value is -0.870. The summed E-state index contributed by atoms with van der Waals surface area (Å²) in [5.74, 6) is -0.993. The van der Waals surface area contributed by atoms with Crippen molar-refractivity contribution < 1.29 is 19.5 Å². The van der Waals surface area contributed by atoms with Gasteiger partial charge in [-0.05, 0) is 39.0 Å².